The largest absolute Gasteiger partial charge is 0.480 e. The van der Waals surface area contributed by atoms with E-state index in [-0.39, 0.29) is 11.7 Å². The number of hydrogen-bond donors (Lipinski definition) is 3. The van der Waals surface area contributed by atoms with Crippen LogP contribution in [0.3, 0.4) is 0 Å². The summed E-state index contributed by atoms with van der Waals surface area (Å²) in [6.45, 7) is 5.13. The van der Waals surface area contributed by atoms with Crippen LogP contribution in [0.1, 0.15) is 27.2 Å². The highest BCUT2D eigenvalue weighted by Crippen LogP contribution is 2.04. The van der Waals surface area contributed by atoms with Crippen LogP contribution in [0.25, 0.3) is 0 Å². The summed E-state index contributed by atoms with van der Waals surface area (Å²) in [6, 6.07) is -0.699. The van der Waals surface area contributed by atoms with Gasteiger partial charge in [-0.1, -0.05) is 20.3 Å². The quantitative estimate of drug-likeness (QED) is 0.611. The van der Waals surface area contributed by atoms with Crippen molar-refractivity contribution in [3.8, 4) is 0 Å². The Balaban J connectivity index is 0. The topological polar surface area (TPSA) is 118 Å². The molecule has 92 valence electrons. The SMILES string of the molecule is CCS(=O)(=O)O.CC[C@H](C)[C@H](N)C(=O)O. The Morgan fingerprint density at radius 1 is 1.40 bits per heavy atom. The van der Waals surface area contributed by atoms with E-state index in [2.05, 4.69) is 0 Å². The van der Waals surface area contributed by atoms with Gasteiger partial charge in [0.05, 0.1) is 5.75 Å². The molecule has 0 spiro atoms. The normalized spacial score (nSPS) is 14.7. The maximum absolute atomic E-state index is 10.2. The van der Waals surface area contributed by atoms with E-state index in [1.165, 1.54) is 6.92 Å². The van der Waals surface area contributed by atoms with Gasteiger partial charge in [0.15, 0.2) is 0 Å². The molecule has 0 amide bonds. The molecule has 0 saturated heterocycles. The van der Waals surface area contributed by atoms with E-state index in [1.807, 2.05) is 13.8 Å². The van der Waals surface area contributed by atoms with Crippen molar-refractivity contribution in [1.82, 2.24) is 0 Å². The van der Waals surface area contributed by atoms with Gasteiger partial charge in [-0.2, -0.15) is 8.42 Å². The number of carboxylic acid groups (broad SMARTS) is 1. The molecule has 0 unspecified atom stereocenters. The number of nitrogens with two attached hydrogens (primary N) is 1. The Morgan fingerprint density at radius 3 is 1.80 bits per heavy atom. The van der Waals surface area contributed by atoms with Gasteiger partial charge >= 0.3 is 5.97 Å². The molecular weight excluding hydrogens is 222 g/mol. The molecule has 0 aromatic rings. The lowest BCUT2D eigenvalue weighted by Gasteiger charge is -2.11. The lowest BCUT2D eigenvalue weighted by Crippen LogP contribution is -2.36. The van der Waals surface area contributed by atoms with Crippen molar-refractivity contribution in [2.45, 2.75) is 33.2 Å². The summed E-state index contributed by atoms with van der Waals surface area (Å²) in [4.78, 5) is 10.2. The number of aliphatic carboxylic acids is 1. The first-order valence-electron chi connectivity index (χ1n) is 4.59. The minimum absolute atomic E-state index is 0.0718. The predicted molar refractivity (Wildman–Crippen MR) is 57.2 cm³/mol. The average molecular weight is 241 g/mol. The van der Waals surface area contributed by atoms with Crippen LogP contribution in [0.2, 0.25) is 0 Å². The van der Waals surface area contributed by atoms with Crippen molar-refractivity contribution >= 4 is 16.1 Å². The second-order valence-corrected chi connectivity index (χ2v) is 4.86. The smallest absolute Gasteiger partial charge is 0.320 e. The third kappa shape index (κ3) is 11.3. The van der Waals surface area contributed by atoms with Crippen molar-refractivity contribution in [1.29, 1.82) is 0 Å². The second-order valence-electron chi connectivity index (χ2n) is 3.12. The molecule has 15 heavy (non-hydrogen) atoms. The second kappa shape index (κ2) is 7.61. The van der Waals surface area contributed by atoms with Crippen LogP contribution in [-0.2, 0) is 14.9 Å². The van der Waals surface area contributed by atoms with Gasteiger partial charge < -0.3 is 10.8 Å². The van der Waals surface area contributed by atoms with Gasteiger partial charge in [-0.15, -0.1) is 0 Å². The van der Waals surface area contributed by atoms with E-state index in [4.69, 9.17) is 15.4 Å². The Labute approximate surface area is 90.2 Å². The first-order chi connectivity index (χ1) is 6.65. The molecule has 6 nitrogen and oxygen atoms in total. The average Bonchev–Trinajstić information content (AvgIpc) is 2.15. The molecule has 0 radical (unpaired) electrons. The highest BCUT2D eigenvalue weighted by atomic mass is 32.2. The van der Waals surface area contributed by atoms with Crippen LogP contribution in [0.5, 0.6) is 0 Å². The summed E-state index contributed by atoms with van der Waals surface area (Å²) in [7, 11) is -3.66. The fourth-order valence-electron chi connectivity index (χ4n) is 0.497. The van der Waals surface area contributed by atoms with Gasteiger partial charge in [-0.05, 0) is 12.8 Å². The van der Waals surface area contributed by atoms with Crippen LogP contribution in [-0.4, -0.2) is 35.8 Å². The van der Waals surface area contributed by atoms with Crippen molar-refractivity contribution in [3.63, 3.8) is 0 Å². The zero-order valence-corrected chi connectivity index (χ0v) is 9.99. The minimum atomic E-state index is -3.66. The maximum Gasteiger partial charge on any atom is 0.320 e. The summed E-state index contributed by atoms with van der Waals surface area (Å²) < 4.78 is 26.9. The Morgan fingerprint density at radius 2 is 1.73 bits per heavy atom. The summed E-state index contributed by atoms with van der Waals surface area (Å²) >= 11 is 0. The number of carboxylic acids is 1. The number of carbonyl (C=O) groups is 1. The van der Waals surface area contributed by atoms with Crippen molar-refractivity contribution in [2.24, 2.45) is 11.7 Å². The molecule has 0 saturated carbocycles. The van der Waals surface area contributed by atoms with Crippen LogP contribution in [0.4, 0.5) is 0 Å². The molecule has 0 aromatic heterocycles. The van der Waals surface area contributed by atoms with Crippen molar-refractivity contribution in [2.75, 3.05) is 5.75 Å². The minimum Gasteiger partial charge on any atom is -0.480 e. The molecule has 0 aliphatic rings. The Bertz CT molecular complexity index is 275. The van der Waals surface area contributed by atoms with Crippen LogP contribution >= 0.6 is 0 Å². The number of hydrogen-bond acceptors (Lipinski definition) is 4. The maximum atomic E-state index is 10.2. The molecule has 0 bridgehead atoms. The van der Waals surface area contributed by atoms with Crippen molar-refractivity contribution < 1.29 is 22.9 Å². The van der Waals surface area contributed by atoms with E-state index in [0.717, 1.165) is 6.42 Å². The first kappa shape index (κ1) is 16.8. The Hall–Kier alpha value is -0.660. The lowest BCUT2D eigenvalue weighted by molar-refractivity contribution is -0.139. The molecule has 0 heterocycles. The van der Waals surface area contributed by atoms with E-state index in [9.17, 15) is 13.2 Å². The molecule has 2 atom stereocenters. The van der Waals surface area contributed by atoms with Gasteiger partial charge in [-0.3, -0.25) is 9.35 Å². The molecule has 7 heteroatoms. The molecule has 0 aliphatic heterocycles. The van der Waals surface area contributed by atoms with Gasteiger partial charge in [-0.25, -0.2) is 0 Å². The van der Waals surface area contributed by atoms with Gasteiger partial charge in [0.2, 0.25) is 0 Å². The number of rotatable bonds is 4. The molecule has 0 aliphatic carbocycles. The molecule has 0 rings (SSSR count). The third-order valence-electron chi connectivity index (χ3n) is 1.91. The Kier molecular flexibility index (Phi) is 8.50. The van der Waals surface area contributed by atoms with Crippen LogP contribution in [0.15, 0.2) is 0 Å². The summed E-state index contributed by atoms with van der Waals surface area (Å²) in [5.41, 5.74) is 5.27. The van der Waals surface area contributed by atoms with E-state index in [0.29, 0.717) is 0 Å². The van der Waals surface area contributed by atoms with E-state index < -0.39 is 22.1 Å². The highest BCUT2D eigenvalue weighted by Gasteiger charge is 2.17. The van der Waals surface area contributed by atoms with Gasteiger partial charge in [0.25, 0.3) is 10.1 Å². The third-order valence-corrected chi connectivity index (χ3v) is 2.64. The predicted octanol–water partition coefficient (Wildman–Crippen LogP) is 0.339. The fraction of sp³-hybridized carbons (Fsp3) is 0.875. The molecular formula is C8H19NO5S. The molecule has 4 N–H and O–H groups in total. The van der Waals surface area contributed by atoms with Gasteiger partial charge in [0.1, 0.15) is 6.04 Å². The highest BCUT2D eigenvalue weighted by molar-refractivity contribution is 7.85. The van der Waals surface area contributed by atoms with Crippen molar-refractivity contribution in [3.05, 3.63) is 0 Å². The molecule has 0 fully saturated rings. The van der Waals surface area contributed by atoms with Gasteiger partial charge in [0, 0.05) is 0 Å². The lowest BCUT2D eigenvalue weighted by atomic mass is 10.0. The zero-order valence-electron chi connectivity index (χ0n) is 9.17. The first-order valence-corrected chi connectivity index (χ1v) is 6.20. The summed E-state index contributed by atoms with van der Waals surface area (Å²) in [5.74, 6) is -1.04. The summed E-state index contributed by atoms with van der Waals surface area (Å²) in [5, 5.41) is 8.36. The zero-order chi connectivity index (χ0) is 12.6. The standard InChI is InChI=1S/C6H13NO2.C2H6O3S/c1-3-4(2)5(7)6(8)9;1-2-6(3,4)5/h4-5H,3,7H2,1-2H3,(H,8,9);2H2,1H3,(H,3,4,5)/t4-,5-;/m0./s1. The monoisotopic (exact) mass is 241 g/mol. The van der Waals surface area contributed by atoms with E-state index in [1.54, 1.807) is 0 Å². The van der Waals surface area contributed by atoms with Crippen LogP contribution in [0, 0.1) is 5.92 Å². The van der Waals surface area contributed by atoms with Crippen LogP contribution < -0.4 is 5.73 Å². The fourth-order valence-corrected chi connectivity index (χ4v) is 0.497. The van der Waals surface area contributed by atoms with E-state index >= 15 is 0 Å². The molecule has 0 aromatic carbocycles. The summed E-state index contributed by atoms with van der Waals surface area (Å²) in [6.07, 6.45) is 0.813.